The number of hydrogen-bond donors (Lipinski definition) is 1. The van der Waals surface area contributed by atoms with Crippen LogP contribution >= 0.6 is 15.9 Å². The summed E-state index contributed by atoms with van der Waals surface area (Å²) >= 11 is 3.26. The summed E-state index contributed by atoms with van der Waals surface area (Å²) in [5.74, 6) is 0.0506. The number of hydrogen-bond acceptors (Lipinski definition) is 2. The predicted molar refractivity (Wildman–Crippen MR) is 83.6 cm³/mol. The first kappa shape index (κ1) is 15.8. The van der Waals surface area contributed by atoms with E-state index >= 15 is 0 Å². The molecule has 0 bridgehead atoms. The van der Waals surface area contributed by atoms with Gasteiger partial charge in [-0.1, -0.05) is 36.7 Å². The molecule has 1 aromatic rings. The van der Waals surface area contributed by atoms with Gasteiger partial charge < -0.3 is 10.1 Å². The third kappa shape index (κ3) is 3.01. The molecule has 1 aliphatic rings. The van der Waals surface area contributed by atoms with Crippen LogP contribution in [0.1, 0.15) is 40.0 Å². The molecular weight excluding hydrogens is 321 g/mol. The van der Waals surface area contributed by atoms with Crippen molar-refractivity contribution < 1.29 is 9.13 Å². The third-order valence-corrected chi connectivity index (χ3v) is 5.04. The van der Waals surface area contributed by atoms with Gasteiger partial charge in [-0.05, 0) is 37.6 Å². The molecule has 0 aromatic heterocycles. The summed E-state index contributed by atoms with van der Waals surface area (Å²) in [6, 6.07) is 5.43. The van der Waals surface area contributed by atoms with E-state index in [1.807, 2.05) is 6.07 Å². The first-order valence-corrected chi connectivity index (χ1v) is 8.15. The highest BCUT2D eigenvalue weighted by Gasteiger charge is 2.51. The number of benzene rings is 1. The van der Waals surface area contributed by atoms with Crippen molar-refractivity contribution in [2.45, 2.75) is 52.2 Å². The van der Waals surface area contributed by atoms with Gasteiger partial charge in [0.1, 0.15) is 6.10 Å². The van der Waals surface area contributed by atoms with Crippen LogP contribution in [0.25, 0.3) is 0 Å². The number of ether oxygens (including phenoxy) is 1. The first-order chi connectivity index (χ1) is 9.51. The number of rotatable bonds is 6. The maximum absolute atomic E-state index is 13.9. The SMILES string of the molecule is CCCNC1CC(Oc2ccc(Br)cc2F)C1(C)CC. The Kier molecular flexibility index (Phi) is 5.08. The second kappa shape index (κ2) is 6.44. The molecule has 112 valence electrons. The second-order valence-corrected chi connectivity index (χ2v) is 6.70. The quantitative estimate of drug-likeness (QED) is 0.819. The molecule has 0 amide bonds. The molecule has 0 saturated heterocycles. The largest absolute Gasteiger partial charge is 0.487 e. The van der Waals surface area contributed by atoms with Crippen LogP contribution in [0.4, 0.5) is 4.39 Å². The minimum Gasteiger partial charge on any atom is -0.487 e. The van der Waals surface area contributed by atoms with E-state index in [0.29, 0.717) is 11.8 Å². The lowest BCUT2D eigenvalue weighted by Gasteiger charge is -2.53. The predicted octanol–water partition coefficient (Wildman–Crippen LogP) is 4.52. The van der Waals surface area contributed by atoms with E-state index in [9.17, 15) is 4.39 Å². The summed E-state index contributed by atoms with van der Waals surface area (Å²) in [7, 11) is 0. The fraction of sp³-hybridized carbons (Fsp3) is 0.625. The van der Waals surface area contributed by atoms with Crippen LogP contribution < -0.4 is 10.1 Å². The first-order valence-electron chi connectivity index (χ1n) is 7.36. The van der Waals surface area contributed by atoms with Crippen molar-refractivity contribution in [2.24, 2.45) is 5.41 Å². The van der Waals surface area contributed by atoms with Gasteiger partial charge in [-0.2, -0.15) is 0 Å². The fourth-order valence-corrected chi connectivity index (χ4v) is 3.17. The van der Waals surface area contributed by atoms with Crippen LogP contribution in [-0.2, 0) is 0 Å². The van der Waals surface area contributed by atoms with Gasteiger partial charge in [0.2, 0.25) is 0 Å². The fourth-order valence-electron chi connectivity index (χ4n) is 2.83. The van der Waals surface area contributed by atoms with E-state index in [0.717, 1.165) is 30.3 Å². The zero-order valence-corrected chi connectivity index (χ0v) is 14.0. The molecule has 1 aromatic carbocycles. The van der Waals surface area contributed by atoms with Crippen molar-refractivity contribution >= 4 is 15.9 Å². The molecule has 1 fully saturated rings. The molecule has 1 aliphatic carbocycles. The molecule has 4 heteroatoms. The summed E-state index contributed by atoms with van der Waals surface area (Å²) in [5.41, 5.74) is 0.0781. The van der Waals surface area contributed by atoms with E-state index in [2.05, 4.69) is 42.0 Å². The summed E-state index contributed by atoms with van der Waals surface area (Å²) in [6.45, 7) is 7.60. The average molecular weight is 344 g/mol. The molecule has 20 heavy (non-hydrogen) atoms. The summed E-state index contributed by atoms with van der Waals surface area (Å²) in [6.07, 6.45) is 3.18. The smallest absolute Gasteiger partial charge is 0.166 e. The lowest BCUT2D eigenvalue weighted by Crippen LogP contribution is -2.63. The Bertz CT molecular complexity index is 468. The molecule has 1 N–H and O–H groups in total. The van der Waals surface area contributed by atoms with Crippen LogP contribution in [-0.4, -0.2) is 18.7 Å². The Morgan fingerprint density at radius 3 is 2.80 bits per heavy atom. The number of nitrogens with one attached hydrogen (secondary N) is 1. The highest BCUT2D eigenvalue weighted by molar-refractivity contribution is 9.10. The Hall–Kier alpha value is -0.610. The van der Waals surface area contributed by atoms with Crippen LogP contribution in [0, 0.1) is 11.2 Å². The van der Waals surface area contributed by atoms with Crippen molar-refractivity contribution in [1.82, 2.24) is 5.32 Å². The van der Waals surface area contributed by atoms with Crippen molar-refractivity contribution in [2.75, 3.05) is 6.54 Å². The topological polar surface area (TPSA) is 21.3 Å². The van der Waals surface area contributed by atoms with E-state index < -0.39 is 0 Å². The van der Waals surface area contributed by atoms with Crippen LogP contribution in [0.15, 0.2) is 22.7 Å². The summed E-state index contributed by atoms with van der Waals surface area (Å²) < 4.78 is 20.5. The van der Waals surface area contributed by atoms with Crippen LogP contribution in [0.5, 0.6) is 5.75 Å². The summed E-state index contributed by atoms with van der Waals surface area (Å²) in [4.78, 5) is 0. The van der Waals surface area contributed by atoms with Crippen molar-refractivity contribution in [3.05, 3.63) is 28.5 Å². The normalized spacial score (nSPS) is 29.1. The Morgan fingerprint density at radius 1 is 1.45 bits per heavy atom. The van der Waals surface area contributed by atoms with Crippen molar-refractivity contribution in [3.8, 4) is 5.75 Å². The third-order valence-electron chi connectivity index (χ3n) is 4.55. The minimum atomic E-state index is -0.303. The van der Waals surface area contributed by atoms with Gasteiger partial charge in [-0.25, -0.2) is 4.39 Å². The molecule has 0 heterocycles. The van der Waals surface area contributed by atoms with E-state index in [-0.39, 0.29) is 17.3 Å². The molecule has 0 spiro atoms. The van der Waals surface area contributed by atoms with Gasteiger partial charge in [-0.3, -0.25) is 0 Å². The highest BCUT2D eigenvalue weighted by atomic mass is 79.9. The molecule has 0 aliphatic heterocycles. The average Bonchev–Trinajstić information content (AvgIpc) is 2.43. The molecule has 3 atom stereocenters. The van der Waals surface area contributed by atoms with Crippen LogP contribution in [0.3, 0.4) is 0 Å². The van der Waals surface area contributed by atoms with E-state index in [1.54, 1.807) is 6.07 Å². The lowest BCUT2D eigenvalue weighted by atomic mass is 9.61. The molecule has 3 unspecified atom stereocenters. The zero-order valence-electron chi connectivity index (χ0n) is 12.4. The van der Waals surface area contributed by atoms with Crippen molar-refractivity contribution in [3.63, 3.8) is 0 Å². The highest BCUT2D eigenvalue weighted by Crippen LogP contribution is 2.46. The number of halogens is 2. The van der Waals surface area contributed by atoms with Gasteiger partial charge in [0.15, 0.2) is 11.6 Å². The van der Waals surface area contributed by atoms with E-state index in [1.165, 1.54) is 6.07 Å². The standard InChI is InChI=1S/C16H23BrFNO/c1-4-8-19-14-10-15(16(14,3)5-2)20-13-7-6-11(17)9-12(13)18/h6-7,9,14-15,19H,4-5,8,10H2,1-3H3. The summed E-state index contributed by atoms with van der Waals surface area (Å²) in [5, 5.41) is 3.57. The molecule has 1 saturated carbocycles. The van der Waals surface area contributed by atoms with Gasteiger partial charge >= 0.3 is 0 Å². The molecule has 0 radical (unpaired) electrons. The Labute approximate surface area is 129 Å². The maximum atomic E-state index is 13.9. The van der Waals surface area contributed by atoms with Crippen LogP contribution in [0.2, 0.25) is 0 Å². The zero-order chi connectivity index (χ0) is 14.8. The molecule has 2 nitrogen and oxygen atoms in total. The van der Waals surface area contributed by atoms with Gasteiger partial charge in [0.25, 0.3) is 0 Å². The lowest BCUT2D eigenvalue weighted by molar-refractivity contribution is -0.0716. The monoisotopic (exact) mass is 343 g/mol. The minimum absolute atomic E-state index is 0.0781. The maximum Gasteiger partial charge on any atom is 0.166 e. The van der Waals surface area contributed by atoms with Gasteiger partial charge in [-0.15, -0.1) is 0 Å². The molecule has 2 rings (SSSR count). The Morgan fingerprint density at radius 2 is 2.20 bits per heavy atom. The molecular formula is C16H23BrFNO. The van der Waals surface area contributed by atoms with Gasteiger partial charge in [0, 0.05) is 22.4 Å². The van der Waals surface area contributed by atoms with Gasteiger partial charge in [0.05, 0.1) is 0 Å². The van der Waals surface area contributed by atoms with E-state index in [4.69, 9.17) is 4.74 Å². The van der Waals surface area contributed by atoms with Crippen molar-refractivity contribution in [1.29, 1.82) is 0 Å². The second-order valence-electron chi connectivity index (χ2n) is 5.78. The Balaban J connectivity index is 2.03.